The third-order valence-corrected chi connectivity index (χ3v) is 6.31. The van der Waals surface area contributed by atoms with Gasteiger partial charge in [-0.1, -0.05) is 52.0 Å². The van der Waals surface area contributed by atoms with Gasteiger partial charge in [0, 0.05) is 15.2 Å². The SMILES string of the molecule is CC(C)(Sc1nc2cc(Br)ccc2n1-c1ccc(C#N)c2ccccc12)C(=O)[O-].[Na+]. The van der Waals surface area contributed by atoms with Crippen molar-refractivity contribution in [2.24, 2.45) is 0 Å². The summed E-state index contributed by atoms with van der Waals surface area (Å²) < 4.78 is 1.66. The van der Waals surface area contributed by atoms with Crippen molar-refractivity contribution in [1.29, 1.82) is 5.26 Å². The summed E-state index contributed by atoms with van der Waals surface area (Å²) in [5.41, 5.74) is 3.01. The second-order valence-electron chi connectivity index (χ2n) is 7.05. The van der Waals surface area contributed by atoms with E-state index in [4.69, 9.17) is 4.98 Å². The summed E-state index contributed by atoms with van der Waals surface area (Å²) in [4.78, 5) is 16.3. The Bertz CT molecular complexity index is 1330. The monoisotopic (exact) mass is 487 g/mol. The van der Waals surface area contributed by atoms with Crippen molar-refractivity contribution in [1.82, 2.24) is 9.55 Å². The summed E-state index contributed by atoms with van der Waals surface area (Å²) in [5.74, 6) is -1.16. The fraction of sp³-hybridized carbons (Fsp3) is 0.136. The van der Waals surface area contributed by atoms with Gasteiger partial charge in [-0.3, -0.25) is 4.57 Å². The summed E-state index contributed by atoms with van der Waals surface area (Å²) in [6.45, 7) is 3.20. The van der Waals surface area contributed by atoms with Crippen molar-refractivity contribution in [2.75, 3.05) is 0 Å². The van der Waals surface area contributed by atoms with Crippen LogP contribution in [0.4, 0.5) is 0 Å². The van der Waals surface area contributed by atoms with Gasteiger partial charge in [-0.15, -0.1) is 0 Å². The molecule has 0 saturated carbocycles. The molecule has 0 aliphatic carbocycles. The van der Waals surface area contributed by atoms with Crippen LogP contribution >= 0.6 is 27.7 Å². The zero-order valence-electron chi connectivity index (χ0n) is 16.6. The van der Waals surface area contributed by atoms with Crippen molar-refractivity contribution < 1.29 is 39.5 Å². The first-order valence-corrected chi connectivity index (χ1v) is 10.4. The van der Waals surface area contributed by atoms with Crippen LogP contribution in [-0.4, -0.2) is 20.3 Å². The van der Waals surface area contributed by atoms with Gasteiger partial charge in [0.25, 0.3) is 0 Å². The number of hydrogen-bond donors (Lipinski definition) is 0. The molecule has 8 heteroatoms. The third kappa shape index (κ3) is 4.03. The summed E-state index contributed by atoms with van der Waals surface area (Å²) in [6, 6.07) is 19.3. The van der Waals surface area contributed by atoms with Crippen molar-refractivity contribution >= 4 is 55.5 Å². The van der Waals surface area contributed by atoms with Crippen LogP contribution in [-0.2, 0) is 4.79 Å². The number of nitrogens with zero attached hydrogens (tertiary/aromatic N) is 3. The molecule has 0 unspecified atom stereocenters. The Morgan fingerprint density at radius 2 is 1.87 bits per heavy atom. The molecule has 0 saturated heterocycles. The fourth-order valence-corrected chi connectivity index (χ4v) is 4.50. The molecule has 3 aromatic carbocycles. The normalized spacial score (nSPS) is 11.3. The number of carboxylic acid groups (broad SMARTS) is 1. The minimum atomic E-state index is -1.17. The number of halogens is 1. The first-order valence-electron chi connectivity index (χ1n) is 8.82. The molecule has 144 valence electrons. The zero-order valence-corrected chi connectivity index (χ0v) is 21.0. The molecule has 0 N–H and O–H groups in total. The maximum Gasteiger partial charge on any atom is 1.00 e. The number of carbonyl (C=O) groups excluding carboxylic acids is 1. The van der Waals surface area contributed by atoms with Crippen LogP contribution in [0.1, 0.15) is 19.4 Å². The Morgan fingerprint density at radius 3 is 2.53 bits per heavy atom. The first kappa shape index (κ1) is 22.9. The van der Waals surface area contributed by atoms with Crippen LogP contribution in [0.3, 0.4) is 0 Å². The predicted octanol–water partition coefficient (Wildman–Crippen LogP) is 1.44. The van der Waals surface area contributed by atoms with E-state index in [1.807, 2.05) is 53.1 Å². The number of hydrogen-bond acceptors (Lipinski definition) is 5. The van der Waals surface area contributed by atoms with Crippen LogP contribution in [0.15, 0.2) is 64.2 Å². The number of thioether (sulfide) groups is 1. The smallest absolute Gasteiger partial charge is 0.549 e. The number of aliphatic carboxylic acids is 1. The van der Waals surface area contributed by atoms with Gasteiger partial charge in [0.2, 0.25) is 0 Å². The fourth-order valence-electron chi connectivity index (χ4n) is 3.18. The quantitative estimate of drug-likeness (QED) is 0.321. The summed E-state index contributed by atoms with van der Waals surface area (Å²) >= 11 is 4.60. The van der Waals surface area contributed by atoms with E-state index in [9.17, 15) is 15.2 Å². The van der Waals surface area contributed by atoms with E-state index in [0.717, 1.165) is 43.7 Å². The molecule has 0 spiro atoms. The van der Waals surface area contributed by atoms with Gasteiger partial charge in [0.15, 0.2) is 5.16 Å². The number of nitriles is 1. The molecule has 1 aromatic heterocycles. The van der Waals surface area contributed by atoms with Gasteiger partial charge in [-0.25, -0.2) is 4.98 Å². The Hall–Kier alpha value is -1.82. The molecule has 1 heterocycles. The van der Waals surface area contributed by atoms with Crippen molar-refractivity contribution in [2.45, 2.75) is 23.8 Å². The summed E-state index contributed by atoms with van der Waals surface area (Å²) in [6.07, 6.45) is 0. The van der Waals surface area contributed by atoms with E-state index >= 15 is 0 Å². The van der Waals surface area contributed by atoms with Crippen LogP contribution in [0, 0.1) is 11.3 Å². The molecular formula is C22H15BrN3NaO2S. The Labute approximate surface area is 208 Å². The number of rotatable bonds is 4. The van der Waals surface area contributed by atoms with Gasteiger partial charge in [-0.2, -0.15) is 5.26 Å². The van der Waals surface area contributed by atoms with E-state index in [0.29, 0.717) is 10.7 Å². The molecule has 30 heavy (non-hydrogen) atoms. The van der Waals surface area contributed by atoms with Crippen LogP contribution in [0.5, 0.6) is 0 Å². The van der Waals surface area contributed by atoms with Gasteiger partial charge < -0.3 is 9.90 Å². The first-order chi connectivity index (χ1) is 13.8. The van der Waals surface area contributed by atoms with Gasteiger partial charge in [0.1, 0.15) is 0 Å². The van der Waals surface area contributed by atoms with Gasteiger partial charge >= 0.3 is 29.6 Å². The predicted molar refractivity (Wildman–Crippen MR) is 116 cm³/mol. The maximum atomic E-state index is 11.6. The number of imidazole rings is 1. The third-order valence-electron chi connectivity index (χ3n) is 4.69. The van der Waals surface area contributed by atoms with E-state index in [2.05, 4.69) is 22.0 Å². The second-order valence-corrected chi connectivity index (χ2v) is 9.56. The molecule has 0 radical (unpaired) electrons. The Morgan fingerprint density at radius 1 is 1.17 bits per heavy atom. The number of carbonyl (C=O) groups is 1. The molecule has 0 aliphatic rings. The van der Waals surface area contributed by atoms with Crippen molar-refractivity contribution in [3.05, 3.63) is 64.6 Å². The number of aromatic nitrogens is 2. The van der Waals surface area contributed by atoms with Gasteiger partial charge in [0.05, 0.1) is 39.1 Å². The number of benzene rings is 3. The van der Waals surface area contributed by atoms with Crippen LogP contribution in [0.2, 0.25) is 0 Å². The Balaban J connectivity index is 0.00000256. The van der Waals surface area contributed by atoms with Crippen LogP contribution < -0.4 is 34.7 Å². The largest absolute Gasteiger partial charge is 1.00 e. The zero-order chi connectivity index (χ0) is 20.8. The molecule has 4 aromatic rings. The van der Waals surface area contributed by atoms with Crippen LogP contribution in [0.25, 0.3) is 27.5 Å². The van der Waals surface area contributed by atoms with E-state index in [1.54, 1.807) is 19.9 Å². The Kier molecular flexibility index (Phi) is 6.66. The minimum Gasteiger partial charge on any atom is -0.549 e. The topological polar surface area (TPSA) is 81.7 Å². The van der Waals surface area contributed by atoms with Crippen molar-refractivity contribution in [3.8, 4) is 11.8 Å². The standard InChI is InChI=1S/C22H16BrN3O2S.Na/c1-22(2,20(27)28)29-21-25-17-11-14(23)8-10-19(17)26(21)18-9-7-13(12-24)15-5-3-4-6-16(15)18;/h3-11H,1-2H3,(H,27,28);/q;+1/p-1. The van der Waals surface area contributed by atoms with Gasteiger partial charge in [-0.05, 0) is 44.2 Å². The van der Waals surface area contributed by atoms with Crippen molar-refractivity contribution in [3.63, 3.8) is 0 Å². The molecule has 0 amide bonds. The summed E-state index contributed by atoms with van der Waals surface area (Å²) in [5, 5.41) is 23.4. The molecule has 0 bridgehead atoms. The summed E-state index contributed by atoms with van der Waals surface area (Å²) in [7, 11) is 0. The molecular weight excluding hydrogens is 473 g/mol. The van der Waals surface area contributed by atoms with E-state index in [-0.39, 0.29) is 29.6 Å². The molecule has 0 fully saturated rings. The van der Waals surface area contributed by atoms with E-state index < -0.39 is 10.7 Å². The molecule has 0 atom stereocenters. The molecule has 0 aliphatic heterocycles. The maximum absolute atomic E-state index is 11.6. The number of fused-ring (bicyclic) bond motifs is 2. The number of carboxylic acids is 1. The average Bonchev–Trinajstić information content (AvgIpc) is 3.02. The average molecular weight is 488 g/mol. The minimum absolute atomic E-state index is 0. The van der Waals surface area contributed by atoms with E-state index in [1.165, 1.54) is 0 Å². The molecule has 5 nitrogen and oxygen atoms in total. The second kappa shape index (κ2) is 8.74. The molecule has 4 rings (SSSR count).